The van der Waals surface area contributed by atoms with Crippen molar-refractivity contribution in [2.24, 2.45) is 0 Å². The second kappa shape index (κ2) is 8.96. The molecule has 0 amide bonds. The minimum atomic E-state index is -0.185. The molecule has 2 aromatic rings. The van der Waals surface area contributed by atoms with Crippen LogP contribution in [0.2, 0.25) is 0 Å². The molecule has 0 bridgehead atoms. The monoisotopic (exact) mass is 332 g/mol. The van der Waals surface area contributed by atoms with Crippen LogP contribution in [0.3, 0.4) is 0 Å². The summed E-state index contributed by atoms with van der Waals surface area (Å²) in [6.45, 7) is 0. The summed E-state index contributed by atoms with van der Waals surface area (Å²) in [6.07, 6.45) is 7.73. The Balaban J connectivity index is 1.99. The number of esters is 2. The normalized spacial score (nSPS) is 10.6. The second-order valence-corrected chi connectivity index (χ2v) is 5.62. The van der Waals surface area contributed by atoms with Gasteiger partial charge in [0.2, 0.25) is 0 Å². The molecule has 6 heteroatoms. The van der Waals surface area contributed by atoms with E-state index in [1.807, 2.05) is 24.5 Å². The summed E-state index contributed by atoms with van der Waals surface area (Å²) < 4.78 is 9.35. The number of nitrogens with one attached hydrogen (secondary N) is 2. The summed E-state index contributed by atoms with van der Waals surface area (Å²) in [6, 6.07) is 4.07. The van der Waals surface area contributed by atoms with Crippen LogP contribution in [-0.4, -0.2) is 36.1 Å². The van der Waals surface area contributed by atoms with Crippen molar-refractivity contribution >= 4 is 11.9 Å². The number of methoxy groups -OCH3 is 2. The number of H-pyrrole nitrogens is 2. The van der Waals surface area contributed by atoms with E-state index in [1.165, 1.54) is 14.2 Å². The zero-order valence-electron chi connectivity index (χ0n) is 14.2. The Bertz CT molecular complexity index is 614. The highest BCUT2D eigenvalue weighted by atomic mass is 16.5. The molecule has 2 heterocycles. The lowest BCUT2D eigenvalue weighted by Crippen LogP contribution is -2.01. The number of aromatic amines is 2. The number of aryl methyl sites for hydroxylation is 2. The smallest absolute Gasteiger partial charge is 0.305 e. The van der Waals surface area contributed by atoms with Gasteiger partial charge in [-0.1, -0.05) is 0 Å². The Hall–Kier alpha value is -2.50. The Morgan fingerprint density at radius 3 is 1.62 bits per heavy atom. The first-order valence-corrected chi connectivity index (χ1v) is 8.12. The van der Waals surface area contributed by atoms with Crippen molar-refractivity contribution in [3.8, 4) is 11.4 Å². The lowest BCUT2D eigenvalue weighted by Gasteiger charge is -2.06. The van der Waals surface area contributed by atoms with Crippen molar-refractivity contribution in [3.05, 3.63) is 35.7 Å². The van der Waals surface area contributed by atoms with Gasteiger partial charge in [0, 0.05) is 25.2 Å². The topological polar surface area (TPSA) is 84.2 Å². The van der Waals surface area contributed by atoms with Crippen molar-refractivity contribution in [3.63, 3.8) is 0 Å². The number of aromatic nitrogens is 2. The first-order valence-electron chi connectivity index (χ1n) is 8.12. The SMILES string of the molecule is COC(=O)CCCc1cc[nH]c1-c1[nH]ccc1CCCC(=O)OC. The molecule has 6 nitrogen and oxygen atoms in total. The Labute approximate surface area is 141 Å². The third-order valence-corrected chi connectivity index (χ3v) is 4.03. The molecule has 0 aliphatic heterocycles. The van der Waals surface area contributed by atoms with Crippen molar-refractivity contribution in [2.45, 2.75) is 38.5 Å². The van der Waals surface area contributed by atoms with Crippen LogP contribution in [0.5, 0.6) is 0 Å². The molecule has 0 spiro atoms. The number of carbonyl (C=O) groups is 2. The molecule has 2 aromatic heterocycles. The predicted octanol–water partition coefficient (Wildman–Crippen LogP) is 3.00. The standard InChI is InChI=1S/C18H24N2O4/c1-23-15(21)7-3-5-13-9-11-19-17(13)18-14(10-12-20-18)6-4-8-16(22)24-2/h9-12,19-20H,3-8H2,1-2H3. The molecule has 0 aliphatic carbocycles. The number of ether oxygens (including phenoxy) is 2. The third kappa shape index (κ3) is 4.75. The van der Waals surface area contributed by atoms with E-state index in [0.717, 1.165) is 48.2 Å². The second-order valence-electron chi connectivity index (χ2n) is 5.62. The largest absolute Gasteiger partial charge is 0.469 e. The first-order chi connectivity index (χ1) is 11.7. The lowest BCUT2D eigenvalue weighted by molar-refractivity contribution is -0.141. The van der Waals surface area contributed by atoms with Crippen LogP contribution in [0, 0.1) is 0 Å². The number of carbonyl (C=O) groups excluding carboxylic acids is 2. The van der Waals surface area contributed by atoms with E-state index in [4.69, 9.17) is 0 Å². The molecule has 0 saturated heterocycles. The maximum absolute atomic E-state index is 11.2. The van der Waals surface area contributed by atoms with Crippen LogP contribution in [0.4, 0.5) is 0 Å². The van der Waals surface area contributed by atoms with Crippen molar-refractivity contribution in [2.75, 3.05) is 14.2 Å². The maximum Gasteiger partial charge on any atom is 0.305 e. The van der Waals surface area contributed by atoms with Gasteiger partial charge in [0.25, 0.3) is 0 Å². The fourth-order valence-electron chi connectivity index (χ4n) is 2.74. The number of rotatable bonds is 9. The fraction of sp³-hybridized carbons (Fsp3) is 0.444. The lowest BCUT2D eigenvalue weighted by atomic mass is 10.0. The quantitative estimate of drug-likeness (QED) is 0.691. The molecule has 2 rings (SSSR count). The molecule has 0 unspecified atom stereocenters. The van der Waals surface area contributed by atoms with Gasteiger partial charge in [-0.2, -0.15) is 0 Å². The molecule has 0 atom stereocenters. The summed E-state index contributed by atoms with van der Waals surface area (Å²) in [5.74, 6) is -0.370. The van der Waals surface area contributed by atoms with Crippen LogP contribution in [0.1, 0.15) is 36.8 Å². The van der Waals surface area contributed by atoms with Gasteiger partial charge in [0.15, 0.2) is 0 Å². The van der Waals surface area contributed by atoms with Crippen molar-refractivity contribution in [1.82, 2.24) is 9.97 Å². The van der Waals surface area contributed by atoms with Crippen LogP contribution >= 0.6 is 0 Å². The summed E-state index contributed by atoms with van der Waals surface area (Å²) in [4.78, 5) is 29.0. The van der Waals surface area contributed by atoms with Crippen LogP contribution in [0.25, 0.3) is 11.4 Å². The Kier molecular flexibility index (Phi) is 6.66. The molecule has 130 valence electrons. The van der Waals surface area contributed by atoms with Gasteiger partial charge in [0.05, 0.1) is 25.6 Å². The molecule has 0 aliphatic rings. The van der Waals surface area contributed by atoms with Gasteiger partial charge >= 0.3 is 11.9 Å². The van der Waals surface area contributed by atoms with E-state index in [0.29, 0.717) is 12.8 Å². The van der Waals surface area contributed by atoms with Gasteiger partial charge in [-0.25, -0.2) is 0 Å². The highest BCUT2D eigenvalue weighted by Gasteiger charge is 2.13. The highest BCUT2D eigenvalue weighted by molar-refractivity contribution is 5.70. The fourth-order valence-corrected chi connectivity index (χ4v) is 2.74. The highest BCUT2D eigenvalue weighted by Crippen LogP contribution is 2.26. The van der Waals surface area contributed by atoms with E-state index in [2.05, 4.69) is 19.4 Å². The Morgan fingerprint density at radius 1 is 0.833 bits per heavy atom. The maximum atomic E-state index is 11.2. The molecule has 24 heavy (non-hydrogen) atoms. The summed E-state index contributed by atoms with van der Waals surface area (Å²) in [5, 5.41) is 0. The van der Waals surface area contributed by atoms with Crippen LogP contribution in [0.15, 0.2) is 24.5 Å². The van der Waals surface area contributed by atoms with Crippen molar-refractivity contribution < 1.29 is 19.1 Å². The molecule has 0 saturated carbocycles. The minimum absolute atomic E-state index is 0.185. The molecule has 0 aromatic carbocycles. The minimum Gasteiger partial charge on any atom is -0.469 e. The number of hydrogen-bond acceptors (Lipinski definition) is 4. The molecule has 0 fully saturated rings. The molecule has 0 radical (unpaired) electrons. The van der Waals surface area contributed by atoms with Gasteiger partial charge in [0.1, 0.15) is 0 Å². The first kappa shape index (κ1) is 17.8. The summed E-state index contributed by atoms with van der Waals surface area (Å²) in [5.41, 5.74) is 4.40. The van der Waals surface area contributed by atoms with Gasteiger partial charge in [-0.15, -0.1) is 0 Å². The van der Waals surface area contributed by atoms with E-state index >= 15 is 0 Å². The van der Waals surface area contributed by atoms with E-state index in [1.54, 1.807) is 0 Å². The van der Waals surface area contributed by atoms with Crippen molar-refractivity contribution in [1.29, 1.82) is 0 Å². The van der Waals surface area contributed by atoms with Crippen LogP contribution in [-0.2, 0) is 31.9 Å². The van der Waals surface area contributed by atoms with Gasteiger partial charge < -0.3 is 19.4 Å². The van der Waals surface area contributed by atoms with Gasteiger partial charge in [-0.3, -0.25) is 9.59 Å². The average Bonchev–Trinajstić information content (AvgIpc) is 3.23. The number of hydrogen-bond donors (Lipinski definition) is 2. The van der Waals surface area contributed by atoms with Gasteiger partial charge in [-0.05, 0) is 48.9 Å². The zero-order valence-corrected chi connectivity index (χ0v) is 14.2. The van der Waals surface area contributed by atoms with Crippen LogP contribution < -0.4 is 0 Å². The molecule has 2 N–H and O–H groups in total. The Morgan fingerprint density at radius 2 is 1.25 bits per heavy atom. The molecular weight excluding hydrogens is 308 g/mol. The van der Waals surface area contributed by atoms with E-state index < -0.39 is 0 Å². The third-order valence-electron chi connectivity index (χ3n) is 4.03. The zero-order chi connectivity index (χ0) is 17.4. The average molecular weight is 332 g/mol. The van der Waals surface area contributed by atoms with E-state index in [-0.39, 0.29) is 11.9 Å². The molecular formula is C18H24N2O4. The summed E-state index contributed by atoms with van der Waals surface area (Å²) >= 11 is 0. The predicted molar refractivity (Wildman–Crippen MR) is 90.5 cm³/mol. The summed E-state index contributed by atoms with van der Waals surface area (Å²) in [7, 11) is 2.81. The van der Waals surface area contributed by atoms with E-state index in [9.17, 15) is 9.59 Å².